The van der Waals surface area contributed by atoms with Crippen molar-refractivity contribution in [3.8, 4) is 0 Å². The SMILES string of the molecule is CNCC(C)C.NC1CCCCC1.[HH]. The highest BCUT2D eigenvalue weighted by atomic mass is 14.8. The monoisotopic (exact) mass is 188 g/mol. The summed E-state index contributed by atoms with van der Waals surface area (Å²) in [6.45, 7) is 5.51. The molecular weight excluding hydrogens is 160 g/mol. The number of hydrogen-bond acceptors (Lipinski definition) is 2. The van der Waals surface area contributed by atoms with Crippen molar-refractivity contribution in [2.75, 3.05) is 13.6 Å². The zero-order chi connectivity index (χ0) is 10.1. The Balaban J connectivity index is 0. The minimum absolute atomic E-state index is 0. The first-order chi connectivity index (χ1) is 6.16. The molecule has 0 aromatic heterocycles. The van der Waals surface area contributed by atoms with E-state index in [1.165, 1.54) is 32.1 Å². The lowest BCUT2D eigenvalue weighted by atomic mass is 9.97. The van der Waals surface area contributed by atoms with Gasteiger partial charge in [0, 0.05) is 7.47 Å². The van der Waals surface area contributed by atoms with Gasteiger partial charge in [0.15, 0.2) is 0 Å². The van der Waals surface area contributed by atoms with Gasteiger partial charge in [-0.1, -0.05) is 33.1 Å². The Morgan fingerprint density at radius 2 is 1.85 bits per heavy atom. The molecule has 1 aliphatic carbocycles. The van der Waals surface area contributed by atoms with Gasteiger partial charge in [0.05, 0.1) is 0 Å². The van der Waals surface area contributed by atoms with Gasteiger partial charge < -0.3 is 11.1 Å². The Morgan fingerprint density at radius 1 is 1.31 bits per heavy atom. The molecule has 2 nitrogen and oxygen atoms in total. The first-order valence-electron chi connectivity index (χ1n) is 5.57. The summed E-state index contributed by atoms with van der Waals surface area (Å²) >= 11 is 0. The first kappa shape index (κ1) is 12.9. The van der Waals surface area contributed by atoms with Crippen LogP contribution in [0.25, 0.3) is 0 Å². The lowest BCUT2D eigenvalue weighted by Gasteiger charge is -2.15. The summed E-state index contributed by atoms with van der Waals surface area (Å²) in [5.74, 6) is 0.787. The lowest BCUT2D eigenvalue weighted by molar-refractivity contribution is 0.441. The topological polar surface area (TPSA) is 38.0 Å². The highest BCUT2D eigenvalue weighted by molar-refractivity contribution is 4.66. The van der Waals surface area contributed by atoms with Crippen LogP contribution in [-0.4, -0.2) is 19.6 Å². The van der Waals surface area contributed by atoms with Crippen molar-refractivity contribution >= 4 is 0 Å². The minimum Gasteiger partial charge on any atom is -0.328 e. The molecule has 0 heterocycles. The normalized spacial score (nSPS) is 18.2. The molecule has 0 unspecified atom stereocenters. The Labute approximate surface area is 84.8 Å². The van der Waals surface area contributed by atoms with Crippen molar-refractivity contribution in [1.82, 2.24) is 5.32 Å². The average Bonchev–Trinajstić information content (AvgIpc) is 2.06. The maximum absolute atomic E-state index is 5.63. The third-order valence-electron chi connectivity index (χ3n) is 2.26. The van der Waals surface area contributed by atoms with E-state index >= 15 is 0 Å². The van der Waals surface area contributed by atoms with Gasteiger partial charge in [0.1, 0.15) is 0 Å². The molecule has 13 heavy (non-hydrogen) atoms. The second-order valence-electron chi connectivity index (χ2n) is 4.35. The smallest absolute Gasteiger partial charge is 0.00388 e. The highest BCUT2D eigenvalue weighted by Gasteiger charge is 2.06. The molecule has 3 N–H and O–H groups in total. The second-order valence-corrected chi connectivity index (χ2v) is 4.35. The van der Waals surface area contributed by atoms with Crippen LogP contribution in [0.2, 0.25) is 0 Å². The van der Waals surface area contributed by atoms with Crippen LogP contribution < -0.4 is 11.1 Å². The number of nitrogens with two attached hydrogens (primary N) is 1. The molecule has 0 aromatic rings. The highest BCUT2D eigenvalue weighted by Crippen LogP contribution is 2.14. The summed E-state index contributed by atoms with van der Waals surface area (Å²) in [5, 5.41) is 3.07. The molecule has 82 valence electrons. The van der Waals surface area contributed by atoms with Crippen LogP contribution in [0, 0.1) is 5.92 Å². The fourth-order valence-corrected chi connectivity index (χ4v) is 1.54. The van der Waals surface area contributed by atoms with Gasteiger partial charge in [-0.3, -0.25) is 0 Å². The van der Waals surface area contributed by atoms with Crippen molar-refractivity contribution in [3.05, 3.63) is 0 Å². The molecule has 0 radical (unpaired) electrons. The van der Waals surface area contributed by atoms with Crippen LogP contribution in [0.4, 0.5) is 0 Å². The Morgan fingerprint density at radius 3 is 2.00 bits per heavy atom. The third kappa shape index (κ3) is 9.84. The van der Waals surface area contributed by atoms with E-state index in [-0.39, 0.29) is 1.43 Å². The number of hydrogen-bond donors (Lipinski definition) is 2. The van der Waals surface area contributed by atoms with Crippen LogP contribution in [0.15, 0.2) is 0 Å². The summed E-state index contributed by atoms with van der Waals surface area (Å²) in [6, 6.07) is 0.536. The summed E-state index contributed by atoms with van der Waals surface area (Å²) in [6.07, 6.45) is 6.66. The van der Waals surface area contributed by atoms with Crippen LogP contribution in [0.3, 0.4) is 0 Å². The molecule has 0 atom stereocenters. The lowest BCUT2D eigenvalue weighted by Crippen LogP contribution is -2.22. The van der Waals surface area contributed by atoms with Gasteiger partial charge in [0.2, 0.25) is 0 Å². The average molecular weight is 188 g/mol. The largest absolute Gasteiger partial charge is 0.328 e. The van der Waals surface area contributed by atoms with Crippen molar-refractivity contribution < 1.29 is 1.43 Å². The van der Waals surface area contributed by atoms with E-state index in [9.17, 15) is 0 Å². The molecule has 1 aliphatic rings. The standard InChI is InChI=1S/C6H13N.C5H13N.H2/c7-6-4-2-1-3-5-6;1-5(2)4-6-3;/h6H,1-5,7H2;5-6H,4H2,1-3H3;1H. The van der Waals surface area contributed by atoms with Crippen LogP contribution in [-0.2, 0) is 0 Å². The summed E-state index contributed by atoms with van der Waals surface area (Å²) in [4.78, 5) is 0. The quantitative estimate of drug-likeness (QED) is 0.698. The maximum Gasteiger partial charge on any atom is 0.00388 e. The summed E-state index contributed by atoms with van der Waals surface area (Å²) in [7, 11) is 1.97. The van der Waals surface area contributed by atoms with Gasteiger partial charge in [-0.05, 0) is 32.4 Å². The molecule has 0 aliphatic heterocycles. The third-order valence-corrected chi connectivity index (χ3v) is 2.26. The molecule has 1 rings (SSSR count). The van der Waals surface area contributed by atoms with Gasteiger partial charge in [0.25, 0.3) is 0 Å². The van der Waals surface area contributed by atoms with E-state index in [2.05, 4.69) is 19.2 Å². The predicted molar refractivity (Wildman–Crippen MR) is 61.9 cm³/mol. The van der Waals surface area contributed by atoms with E-state index in [4.69, 9.17) is 5.73 Å². The van der Waals surface area contributed by atoms with Crippen LogP contribution in [0.5, 0.6) is 0 Å². The second kappa shape index (κ2) is 8.52. The van der Waals surface area contributed by atoms with Crippen molar-refractivity contribution in [3.63, 3.8) is 0 Å². The molecule has 0 aromatic carbocycles. The fourth-order valence-electron chi connectivity index (χ4n) is 1.54. The van der Waals surface area contributed by atoms with Gasteiger partial charge in [-0.25, -0.2) is 0 Å². The predicted octanol–water partition coefficient (Wildman–Crippen LogP) is 2.39. The molecule has 0 bridgehead atoms. The van der Waals surface area contributed by atoms with E-state index < -0.39 is 0 Å². The van der Waals surface area contributed by atoms with Gasteiger partial charge >= 0.3 is 0 Å². The summed E-state index contributed by atoms with van der Waals surface area (Å²) in [5.41, 5.74) is 5.63. The summed E-state index contributed by atoms with van der Waals surface area (Å²) < 4.78 is 0. The molecule has 0 amide bonds. The number of nitrogens with one attached hydrogen (secondary N) is 1. The van der Waals surface area contributed by atoms with Crippen molar-refractivity contribution in [2.45, 2.75) is 52.0 Å². The van der Waals surface area contributed by atoms with Gasteiger partial charge in [-0.15, -0.1) is 0 Å². The first-order valence-corrected chi connectivity index (χ1v) is 5.57. The fraction of sp³-hybridized carbons (Fsp3) is 1.00. The molecule has 1 fully saturated rings. The van der Waals surface area contributed by atoms with Crippen molar-refractivity contribution in [2.24, 2.45) is 11.7 Å². The Bertz CT molecular complexity index is 101. The molecule has 1 saturated carbocycles. The molecule has 0 spiro atoms. The minimum atomic E-state index is 0. The molecule has 2 heteroatoms. The Kier molecular flexibility index (Phi) is 8.46. The van der Waals surface area contributed by atoms with E-state index in [0.717, 1.165) is 12.5 Å². The van der Waals surface area contributed by atoms with E-state index in [1.807, 2.05) is 7.05 Å². The van der Waals surface area contributed by atoms with Crippen molar-refractivity contribution in [1.29, 1.82) is 0 Å². The zero-order valence-corrected chi connectivity index (χ0v) is 9.47. The van der Waals surface area contributed by atoms with E-state index in [0.29, 0.717) is 6.04 Å². The van der Waals surface area contributed by atoms with Gasteiger partial charge in [-0.2, -0.15) is 0 Å². The van der Waals surface area contributed by atoms with Crippen LogP contribution >= 0.6 is 0 Å². The van der Waals surface area contributed by atoms with Crippen LogP contribution in [0.1, 0.15) is 47.4 Å². The molecule has 0 saturated heterocycles. The zero-order valence-electron chi connectivity index (χ0n) is 9.47. The molecular formula is C11H28N2. The Hall–Kier alpha value is -0.0800. The number of rotatable bonds is 2. The van der Waals surface area contributed by atoms with E-state index in [1.54, 1.807) is 0 Å². The maximum atomic E-state index is 5.63.